The minimum Gasteiger partial charge on any atom is -0.493 e. The van der Waals surface area contributed by atoms with Crippen LogP contribution in [-0.2, 0) is 16.2 Å². The van der Waals surface area contributed by atoms with Gasteiger partial charge in [-0.05, 0) is 60.6 Å². The number of benzene rings is 2. The third-order valence-corrected chi connectivity index (χ3v) is 7.23. The molecule has 2 fully saturated rings. The van der Waals surface area contributed by atoms with Gasteiger partial charge in [-0.2, -0.15) is 10.1 Å². The van der Waals surface area contributed by atoms with Gasteiger partial charge in [0.05, 0.1) is 25.2 Å². The quantitative estimate of drug-likeness (QED) is 0.324. The number of amides is 2. The second-order valence-electron chi connectivity index (χ2n) is 8.51. The number of halogens is 2. The van der Waals surface area contributed by atoms with E-state index in [2.05, 4.69) is 17.3 Å². The Morgan fingerprint density at radius 2 is 1.70 bits per heavy atom. The van der Waals surface area contributed by atoms with Crippen LogP contribution in [0.15, 0.2) is 53.7 Å². The van der Waals surface area contributed by atoms with Crippen LogP contribution in [0.4, 0.5) is 0 Å². The van der Waals surface area contributed by atoms with Crippen LogP contribution in [0.3, 0.4) is 0 Å². The van der Waals surface area contributed by atoms with Crippen LogP contribution in [0.2, 0.25) is 10.0 Å². The van der Waals surface area contributed by atoms with Crippen molar-refractivity contribution in [3.05, 3.63) is 69.7 Å². The molecule has 2 aromatic rings. The number of carbonyl (C=O) groups is 2. The van der Waals surface area contributed by atoms with E-state index in [0.29, 0.717) is 27.1 Å². The van der Waals surface area contributed by atoms with E-state index in [1.54, 1.807) is 37.4 Å². The van der Waals surface area contributed by atoms with Gasteiger partial charge in [0.1, 0.15) is 6.61 Å². The number of hydrogen-bond donors (Lipinski definition) is 0. The van der Waals surface area contributed by atoms with E-state index in [1.165, 1.54) is 6.21 Å². The summed E-state index contributed by atoms with van der Waals surface area (Å²) in [6.45, 7) is 0.246. The molecule has 0 N–H and O–H groups in total. The predicted molar refractivity (Wildman–Crippen MR) is 126 cm³/mol. The molecule has 4 atom stereocenters. The Hall–Kier alpha value is -2.83. The maximum absolute atomic E-state index is 12.9. The highest BCUT2D eigenvalue weighted by molar-refractivity contribution is 6.35. The molecule has 2 aromatic carbocycles. The van der Waals surface area contributed by atoms with Crippen molar-refractivity contribution in [3.63, 3.8) is 0 Å². The van der Waals surface area contributed by atoms with Crippen molar-refractivity contribution in [1.29, 1.82) is 0 Å². The van der Waals surface area contributed by atoms with E-state index in [1.807, 2.05) is 6.07 Å². The summed E-state index contributed by atoms with van der Waals surface area (Å²) in [6.07, 6.45) is 7.60. The summed E-state index contributed by atoms with van der Waals surface area (Å²) in [7, 11) is 1.54. The standard InChI is InChI=1S/C25H22Cl2N2O4/c1-32-21-10-14(2-9-20(21)33-13-17-7-8-18(26)11-19(17)27)12-28-29-24(30)22-15-3-4-16(6-5-15)23(22)25(29)31/h2-4,7-12,15-16,22-23H,5-6,13H2,1H3. The van der Waals surface area contributed by atoms with Crippen LogP contribution < -0.4 is 9.47 Å². The summed E-state index contributed by atoms with van der Waals surface area (Å²) in [4.78, 5) is 25.8. The Kier molecular flexibility index (Phi) is 5.89. The van der Waals surface area contributed by atoms with Crippen LogP contribution in [-0.4, -0.2) is 30.1 Å². The molecule has 1 aliphatic heterocycles. The molecule has 8 heteroatoms. The fraction of sp³-hybridized carbons (Fsp3) is 0.320. The lowest BCUT2D eigenvalue weighted by Crippen LogP contribution is -2.38. The lowest BCUT2D eigenvalue weighted by Gasteiger charge is -2.37. The molecular formula is C25H22Cl2N2O4. The monoisotopic (exact) mass is 484 g/mol. The van der Waals surface area contributed by atoms with Crippen LogP contribution in [0.25, 0.3) is 0 Å². The molecule has 33 heavy (non-hydrogen) atoms. The van der Waals surface area contributed by atoms with Crippen LogP contribution in [0.1, 0.15) is 24.0 Å². The van der Waals surface area contributed by atoms with Crippen molar-refractivity contribution in [2.75, 3.05) is 7.11 Å². The average Bonchev–Trinajstić information content (AvgIpc) is 3.10. The maximum atomic E-state index is 12.9. The van der Waals surface area contributed by atoms with Crippen molar-refractivity contribution in [2.24, 2.45) is 28.8 Å². The molecule has 1 saturated carbocycles. The summed E-state index contributed by atoms with van der Waals surface area (Å²) in [5.41, 5.74) is 1.48. The van der Waals surface area contributed by atoms with Gasteiger partial charge in [-0.25, -0.2) is 0 Å². The second-order valence-corrected chi connectivity index (χ2v) is 9.35. The molecule has 3 aliphatic carbocycles. The van der Waals surface area contributed by atoms with Crippen molar-refractivity contribution in [2.45, 2.75) is 19.4 Å². The molecule has 1 saturated heterocycles. The largest absolute Gasteiger partial charge is 0.493 e. The van der Waals surface area contributed by atoms with E-state index in [0.717, 1.165) is 23.4 Å². The van der Waals surface area contributed by atoms with Gasteiger partial charge in [0.25, 0.3) is 11.8 Å². The molecule has 0 aromatic heterocycles. The molecule has 6 rings (SSSR count). The Balaban J connectivity index is 1.30. The zero-order valence-corrected chi connectivity index (χ0v) is 19.4. The zero-order valence-electron chi connectivity index (χ0n) is 17.9. The lowest BCUT2D eigenvalue weighted by molar-refractivity contribution is -0.140. The van der Waals surface area contributed by atoms with E-state index < -0.39 is 0 Å². The van der Waals surface area contributed by atoms with Gasteiger partial charge in [0, 0.05) is 15.6 Å². The van der Waals surface area contributed by atoms with E-state index in [-0.39, 0.29) is 42.1 Å². The minimum atomic E-state index is -0.275. The fourth-order valence-corrected chi connectivity index (χ4v) is 5.44. The lowest BCUT2D eigenvalue weighted by atomic mass is 9.63. The van der Waals surface area contributed by atoms with Gasteiger partial charge in [0.2, 0.25) is 0 Å². The Morgan fingerprint density at radius 3 is 2.30 bits per heavy atom. The first-order valence-corrected chi connectivity index (χ1v) is 11.6. The van der Waals surface area contributed by atoms with Crippen LogP contribution in [0.5, 0.6) is 11.5 Å². The van der Waals surface area contributed by atoms with Gasteiger partial charge in [0.15, 0.2) is 11.5 Å². The molecule has 1 heterocycles. The highest BCUT2D eigenvalue weighted by Crippen LogP contribution is 2.49. The number of nitrogens with zero attached hydrogens (tertiary/aromatic N) is 2. The van der Waals surface area contributed by atoms with E-state index in [4.69, 9.17) is 32.7 Å². The maximum Gasteiger partial charge on any atom is 0.254 e. The topological polar surface area (TPSA) is 68.2 Å². The zero-order chi connectivity index (χ0) is 23.1. The first-order valence-electron chi connectivity index (χ1n) is 10.8. The molecular weight excluding hydrogens is 463 g/mol. The van der Waals surface area contributed by atoms with Gasteiger partial charge in [-0.1, -0.05) is 41.4 Å². The molecule has 0 radical (unpaired) electrons. The van der Waals surface area contributed by atoms with E-state index in [9.17, 15) is 9.59 Å². The van der Waals surface area contributed by atoms with Crippen molar-refractivity contribution in [1.82, 2.24) is 5.01 Å². The smallest absolute Gasteiger partial charge is 0.254 e. The second kappa shape index (κ2) is 8.84. The fourth-order valence-electron chi connectivity index (χ4n) is 4.97. The van der Waals surface area contributed by atoms with Gasteiger partial charge < -0.3 is 9.47 Å². The number of rotatable bonds is 6. The Morgan fingerprint density at radius 1 is 1.00 bits per heavy atom. The average molecular weight is 485 g/mol. The number of imide groups is 1. The Bertz CT molecular complexity index is 1150. The van der Waals surface area contributed by atoms with Gasteiger partial charge in [-0.3, -0.25) is 9.59 Å². The summed E-state index contributed by atoms with van der Waals surface area (Å²) >= 11 is 12.2. The van der Waals surface area contributed by atoms with E-state index >= 15 is 0 Å². The first-order chi connectivity index (χ1) is 16.0. The number of fused-ring (bicyclic) bond motifs is 1. The van der Waals surface area contributed by atoms with Crippen LogP contribution >= 0.6 is 23.2 Å². The van der Waals surface area contributed by atoms with Crippen LogP contribution in [0, 0.1) is 23.7 Å². The molecule has 4 unspecified atom stereocenters. The molecule has 2 bridgehead atoms. The Labute approximate surface area is 201 Å². The third-order valence-electron chi connectivity index (χ3n) is 6.64. The van der Waals surface area contributed by atoms with Gasteiger partial charge in [-0.15, -0.1) is 0 Å². The molecule has 6 nitrogen and oxygen atoms in total. The number of ether oxygens (including phenoxy) is 2. The summed E-state index contributed by atoms with van der Waals surface area (Å²) in [5.74, 6) is 0.359. The first kappa shape index (κ1) is 22.0. The summed E-state index contributed by atoms with van der Waals surface area (Å²) in [6, 6.07) is 10.5. The SMILES string of the molecule is COc1cc(C=NN2C(=O)C3C4C=CC(CC4)C3C2=O)ccc1OCc1ccc(Cl)cc1Cl. The minimum absolute atomic E-state index is 0.141. The number of hydrogen-bond acceptors (Lipinski definition) is 5. The number of methoxy groups -OCH3 is 1. The number of allylic oxidation sites excluding steroid dienone is 2. The van der Waals surface area contributed by atoms with Gasteiger partial charge >= 0.3 is 0 Å². The summed E-state index contributed by atoms with van der Waals surface area (Å²) < 4.78 is 11.3. The highest BCUT2D eigenvalue weighted by atomic mass is 35.5. The molecule has 170 valence electrons. The number of hydrazone groups is 1. The third kappa shape index (κ3) is 4.02. The van der Waals surface area contributed by atoms with Crippen molar-refractivity contribution < 1.29 is 19.1 Å². The number of carbonyl (C=O) groups excluding carboxylic acids is 2. The normalized spacial score (nSPS) is 25.7. The summed E-state index contributed by atoms with van der Waals surface area (Å²) in [5, 5.41) is 6.38. The van der Waals surface area contributed by atoms with Crippen molar-refractivity contribution >= 4 is 41.2 Å². The predicted octanol–water partition coefficient (Wildman–Crippen LogP) is 5.11. The highest BCUT2D eigenvalue weighted by Gasteiger charge is 2.56. The molecule has 2 amide bonds. The van der Waals surface area contributed by atoms with Crippen molar-refractivity contribution in [3.8, 4) is 11.5 Å². The molecule has 0 spiro atoms. The molecule has 4 aliphatic rings.